The fourth-order valence-electron chi connectivity index (χ4n) is 4.86. The number of benzene rings is 4. The lowest BCUT2D eigenvalue weighted by Crippen LogP contribution is -1.97. The molecule has 5 heteroatoms. The summed E-state index contributed by atoms with van der Waals surface area (Å²) in [5.74, 6) is 0.699. The van der Waals surface area contributed by atoms with Gasteiger partial charge in [0.1, 0.15) is 5.69 Å². The summed E-state index contributed by atoms with van der Waals surface area (Å²) in [4.78, 5) is 14.1. The molecule has 39 heavy (non-hydrogen) atoms. The molecular formula is C34H23N5. The van der Waals surface area contributed by atoms with Gasteiger partial charge in [0.25, 0.3) is 0 Å². The average Bonchev–Trinajstić information content (AvgIpc) is 3.42. The lowest BCUT2D eigenvalue weighted by Gasteiger charge is -2.10. The highest BCUT2D eigenvalue weighted by atomic mass is 15.3. The van der Waals surface area contributed by atoms with Crippen molar-refractivity contribution >= 4 is 10.9 Å². The number of fused-ring (bicyclic) bond motifs is 1. The zero-order valence-corrected chi connectivity index (χ0v) is 21.0. The molecule has 4 aromatic carbocycles. The maximum atomic E-state index is 5.05. The zero-order valence-electron chi connectivity index (χ0n) is 21.0. The van der Waals surface area contributed by atoms with Gasteiger partial charge in [0.05, 0.1) is 22.6 Å². The lowest BCUT2D eigenvalue weighted by atomic mass is 10.0. The first-order valence-corrected chi connectivity index (χ1v) is 12.8. The molecule has 0 N–H and O–H groups in total. The predicted molar refractivity (Wildman–Crippen MR) is 156 cm³/mol. The summed E-state index contributed by atoms with van der Waals surface area (Å²) in [6.45, 7) is 0. The summed E-state index contributed by atoms with van der Waals surface area (Å²) in [7, 11) is 0. The third-order valence-corrected chi connectivity index (χ3v) is 6.75. The molecule has 3 aromatic heterocycles. The molecule has 7 aromatic rings. The third-order valence-electron chi connectivity index (χ3n) is 6.75. The van der Waals surface area contributed by atoms with Gasteiger partial charge < -0.3 is 0 Å². The molecule has 0 atom stereocenters. The van der Waals surface area contributed by atoms with Crippen LogP contribution in [0.15, 0.2) is 140 Å². The van der Waals surface area contributed by atoms with Gasteiger partial charge in [0.2, 0.25) is 0 Å². The molecule has 0 bridgehead atoms. The summed E-state index contributed by atoms with van der Waals surface area (Å²) in [6.07, 6.45) is 3.58. The van der Waals surface area contributed by atoms with Crippen molar-refractivity contribution in [2.45, 2.75) is 0 Å². The Morgan fingerprint density at radius 1 is 0.487 bits per heavy atom. The highest BCUT2D eigenvalue weighted by Gasteiger charge is 2.15. The molecule has 0 saturated heterocycles. The first-order valence-electron chi connectivity index (χ1n) is 12.8. The second-order valence-corrected chi connectivity index (χ2v) is 9.26. The van der Waals surface area contributed by atoms with Crippen LogP contribution in [0.1, 0.15) is 0 Å². The fraction of sp³-hybridized carbons (Fsp3) is 0. The standard InChI is InChI=1S/C34H23N5/c1-3-10-24(11-4-1)30-23-31(37-34(36-30)25-12-5-2-6-13-25)26-14-9-15-27(22-26)33-29-16-7-8-17-32(29)39(38-33)28-18-20-35-21-19-28/h1-23H. The number of hydrogen-bond donors (Lipinski definition) is 0. The van der Waals surface area contributed by atoms with Gasteiger partial charge in [-0.05, 0) is 30.3 Å². The normalized spacial score (nSPS) is 11.1. The van der Waals surface area contributed by atoms with Crippen molar-refractivity contribution in [3.05, 3.63) is 140 Å². The van der Waals surface area contributed by atoms with E-state index in [0.29, 0.717) is 5.82 Å². The van der Waals surface area contributed by atoms with Crippen molar-refractivity contribution in [2.75, 3.05) is 0 Å². The lowest BCUT2D eigenvalue weighted by molar-refractivity contribution is 0.911. The van der Waals surface area contributed by atoms with Gasteiger partial charge in [0, 0.05) is 40.0 Å². The molecule has 184 valence electrons. The van der Waals surface area contributed by atoms with Gasteiger partial charge >= 0.3 is 0 Å². The molecule has 3 heterocycles. The second kappa shape index (κ2) is 9.80. The van der Waals surface area contributed by atoms with E-state index in [-0.39, 0.29) is 0 Å². The van der Waals surface area contributed by atoms with Gasteiger partial charge in [-0.2, -0.15) is 5.10 Å². The van der Waals surface area contributed by atoms with E-state index in [2.05, 4.69) is 65.6 Å². The molecular weight excluding hydrogens is 478 g/mol. The summed E-state index contributed by atoms with van der Waals surface area (Å²) in [5.41, 5.74) is 8.75. The minimum absolute atomic E-state index is 0.699. The SMILES string of the molecule is c1ccc(-c2cc(-c3cccc(-c4nn(-c5ccncc5)c5ccccc45)c3)nc(-c3ccccc3)n2)cc1. The topological polar surface area (TPSA) is 56.5 Å². The number of pyridine rings is 1. The molecule has 0 fully saturated rings. The summed E-state index contributed by atoms with van der Waals surface area (Å²) >= 11 is 0. The zero-order chi connectivity index (χ0) is 26.0. The van der Waals surface area contributed by atoms with Gasteiger partial charge in [0.15, 0.2) is 5.82 Å². The van der Waals surface area contributed by atoms with Crippen LogP contribution >= 0.6 is 0 Å². The average molecular weight is 502 g/mol. The van der Waals surface area contributed by atoms with E-state index >= 15 is 0 Å². The number of nitrogens with zero attached hydrogens (tertiary/aromatic N) is 5. The molecule has 0 saturated carbocycles. The van der Waals surface area contributed by atoms with E-state index in [1.165, 1.54) is 0 Å². The van der Waals surface area contributed by atoms with E-state index in [1.54, 1.807) is 12.4 Å². The van der Waals surface area contributed by atoms with Crippen LogP contribution in [-0.2, 0) is 0 Å². The summed E-state index contributed by atoms with van der Waals surface area (Å²) in [5, 5.41) is 6.14. The van der Waals surface area contributed by atoms with E-state index in [1.807, 2.05) is 71.4 Å². The quantitative estimate of drug-likeness (QED) is 0.241. The number of para-hydroxylation sites is 1. The first kappa shape index (κ1) is 22.8. The highest BCUT2D eigenvalue weighted by Crippen LogP contribution is 2.33. The largest absolute Gasteiger partial charge is 0.265 e. The Labute approximate surface area is 226 Å². The maximum absolute atomic E-state index is 5.05. The molecule has 0 spiro atoms. The molecule has 0 aliphatic rings. The van der Waals surface area contributed by atoms with Gasteiger partial charge in [-0.3, -0.25) is 4.98 Å². The summed E-state index contributed by atoms with van der Waals surface area (Å²) < 4.78 is 1.98. The molecule has 7 rings (SSSR count). The molecule has 0 unspecified atom stereocenters. The fourth-order valence-corrected chi connectivity index (χ4v) is 4.86. The van der Waals surface area contributed by atoms with Crippen LogP contribution < -0.4 is 0 Å². The van der Waals surface area contributed by atoms with Crippen LogP contribution in [0.5, 0.6) is 0 Å². The molecule has 0 aliphatic heterocycles. The van der Waals surface area contributed by atoms with Crippen molar-refractivity contribution in [1.82, 2.24) is 24.7 Å². The monoisotopic (exact) mass is 501 g/mol. The van der Waals surface area contributed by atoms with Crippen LogP contribution in [-0.4, -0.2) is 24.7 Å². The van der Waals surface area contributed by atoms with Gasteiger partial charge in [-0.25, -0.2) is 14.6 Å². The predicted octanol–water partition coefficient (Wildman–Crippen LogP) is 7.88. The van der Waals surface area contributed by atoms with Crippen molar-refractivity contribution in [3.63, 3.8) is 0 Å². The van der Waals surface area contributed by atoms with Crippen molar-refractivity contribution in [3.8, 4) is 50.8 Å². The number of aromatic nitrogens is 5. The van der Waals surface area contributed by atoms with Crippen LogP contribution in [0.3, 0.4) is 0 Å². The summed E-state index contributed by atoms with van der Waals surface area (Å²) in [6, 6.07) is 43.1. The second-order valence-electron chi connectivity index (χ2n) is 9.26. The Morgan fingerprint density at radius 2 is 1.10 bits per heavy atom. The Hall–Kier alpha value is -5.42. The smallest absolute Gasteiger partial charge is 0.160 e. The Balaban J connectivity index is 1.39. The Kier molecular flexibility index (Phi) is 5.72. The Morgan fingerprint density at radius 3 is 1.87 bits per heavy atom. The van der Waals surface area contributed by atoms with E-state index < -0.39 is 0 Å². The number of hydrogen-bond acceptors (Lipinski definition) is 4. The molecule has 5 nitrogen and oxygen atoms in total. The molecule has 0 aliphatic carbocycles. The van der Waals surface area contributed by atoms with Crippen LogP contribution in [0.4, 0.5) is 0 Å². The van der Waals surface area contributed by atoms with Crippen LogP contribution in [0.2, 0.25) is 0 Å². The Bertz CT molecular complexity index is 1840. The number of rotatable bonds is 5. The van der Waals surface area contributed by atoms with Gasteiger partial charge in [-0.15, -0.1) is 0 Å². The van der Waals surface area contributed by atoms with Crippen molar-refractivity contribution in [2.24, 2.45) is 0 Å². The van der Waals surface area contributed by atoms with E-state index in [4.69, 9.17) is 15.1 Å². The first-order chi connectivity index (χ1) is 19.3. The maximum Gasteiger partial charge on any atom is 0.160 e. The van der Waals surface area contributed by atoms with Crippen LogP contribution in [0, 0.1) is 0 Å². The van der Waals surface area contributed by atoms with Crippen molar-refractivity contribution in [1.29, 1.82) is 0 Å². The minimum atomic E-state index is 0.699. The highest BCUT2D eigenvalue weighted by molar-refractivity contribution is 5.95. The van der Waals surface area contributed by atoms with E-state index in [9.17, 15) is 0 Å². The van der Waals surface area contributed by atoms with E-state index in [0.717, 1.165) is 55.9 Å². The molecule has 0 amide bonds. The van der Waals surface area contributed by atoms with Gasteiger partial charge in [-0.1, -0.05) is 97.1 Å². The minimum Gasteiger partial charge on any atom is -0.265 e. The third kappa shape index (κ3) is 4.36. The van der Waals surface area contributed by atoms with Crippen LogP contribution in [0.25, 0.3) is 61.8 Å². The van der Waals surface area contributed by atoms with Crippen molar-refractivity contribution < 1.29 is 0 Å². The molecule has 0 radical (unpaired) electrons.